The largest absolute Gasteiger partial charge is 0.508 e. The molecule has 0 saturated heterocycles. The molecule has 4 rings (SSSR count). The Labute approximate surface area is 178 Å². The number of amides is 2. The number of benzene rings is 2. The van der Waals surface area contributed by atoms with Crippen LogP contribution in [-0.4, -0.2) is 28.4 Å². The number of phenolic OH excluding ortho intramolecular Hbond substituents is 1. The molecule has 3 aromatic rings. The van der Waals surface area contributed by atoms with Gasteiger partial charge in [0.2, 0.25) is 5.91 Å². The zero-order chi connectivity index (χ0) is 22.0. The number of anilines is 5. The Morgan fingerprint density at radius 2 is 1.94 bits per heavy atom. The fourth-order valence-corrected chi connectivity index (χ4v) is 3.28. The van der Waals surface area contributed by atoms with E-state index in [4.69, 9.17) is 5.73 Å². The minimum Gasteiger partial charge on any atom is -0.508 e. The van der Waals surface area contributed by atoms with Gasteiger partial charge in [-0.1, -0.05) is 12.1 Å². The first-order valence-corrected chi connectivity index (χ1v) is 9.68. The fourth-order valence-electron chi connectivity index (χ4n) is 3.28. The molecule has 0 saturated carbocycles. The molecule has 2 heterocycles. The summed E-state index contributed by atoms with van der Waals surface area (Å²) in [6.07, 6.45) is 1.60. The van der Waals surface area contributed by atoms with Gasteiger partial charge < -0.3 is 32.1 Å². The van der Waals surface area contributed by atoms with E-state index in [2.05, 4.69) is 26.3 Å². The van der Waals surface area contributed by atoms with Crippen LogP contribution in [0.5, 0.6) is 5.75 Å². The maximum Gasteiger partial charge on any atom is 0.261 e. The Morgan fingerprint density at radius 3 is 2.74 bits per heavy atom. The number of carbonyl (C=O) groups excluding carboxylic acids is 2. The van der Waals surface area contributed by atoms with E-state index in [1.165, 1.54) is 0 Å². The summed E-state index contributed by atoms with van der Waals surface area (Å²) in [5, 5.41) is 21.8. The summed E-state index contributed by atoms with van der Waals surface area (Å²) in [5.41, 5.74) is 9.87. The van der Waals surface area contributed by atoms with Gasteiger partial charge in [-0.25, -0.2) is 4.98 Å². The maximum absolute atomic E-state index is 13.1. The lowest BCUT2D eigenvalue weighted by Crippen LogP contribution is -2.29. The Bertz CT molecular complexity index is 1180. The number of fused-ring (bicyclic) bond motifs is 2. The van der Waals surface area contributed by atoms with Gasteiger partial charge >= 0.3 is 0 Å². The minimum atomic E-state index is -0.335. The predicted octanol–water partition coefficient (Wildman–Crippen LogP) is 2.72. The van der Waals surface area contributed by atoms with E-state index in [1.807, 2.05) is 19.1 Å². The van der Waals surface area contributed by atoms with Gasteiger partial charge in [-0.05, 0) is 42.3 Å². The van der Waals surface area contributed by atoms with Crippen molar-refractivity contribution >= 4 is 40.4 Å². The number of hydrogen-bond donors (Lipinski definition) is 6. The third kappa shape index (κ3) is 4.26. The molecule has 0 bridgehead atoms. The Balaban J connectivity index is 1.64. The van der Waals surface area contributed by atoms with Crippen LogP contribution in [0.1, 0.15) is 21.5 Å². The van der Waals surface area contributed by atoms with Crippen LogP contribution in [-0.2, 0) is 11.3 Å². The summed E-state index contributed by atoms with van der Waals surface area (Å²) in [7, 11) is 0. The second-order valence-corrected chi connectivity index (χ2v) is 7.15. The van der Waals surface area contributed by atoms with Crippen molar-refractivity contribution in [2.24, 2.45) is 5.73 Å². The number of aromatic nitrogens is 1. The van der Waals surface area contributed by atoms with Crippen LogP contribution in [0.4, 0.5) is 28.6 Å². The number of nitrogens with two attached hydrogens (primary N) is 1. The molecule has 0 unspecified atom stereocenters. The average molecular weight is 418 g/mol. The van der Waals surface area contributed by atoms with Crippen molar-refractivity contribution in [3.05, 3.63) is 65.4 Å². The average Bonchev–Trinajstić information content (AvgIpc) is 2.90. The molecule has 1 aromatic heterocycles. The number of phenols is 1. The van der Waals surface area contributed by atoms with Crippen LogP contribution in [0.15, 0.2) is 48.7 Å². The topological polar surface area (TPSA) is 141 Å². The molecule has 0 atom stereocenters. The summed E-state index contributed by atoms with van der Waals surface area (Å²) in [6.45, 7) is 2.12. The van der Waals surface area contributed by atoms with Gasteiger partial charge in [0.15, 0.2) is 0 Å². The number of carbonyl (C=O) groups is 2. The smallest absolute Gasteiger partial charge is 0.261 e. The fraction of sp³-hybridized carbons (Fsp3) is 0.136. The molecule has 9 nitrogen and oxygen atoms in total. The quantitative estimate of drug-likeness (QED) is 0.374. The van der Waals surface area contributed by atoms with E-state index in [1.54, 1.807) is 36.5 Å². The van der Waals surface area contributed by atoms with Crippen LogP contribution >= 0.6 is 0 Å². The molecule has 1 aliphatic heterocycles. The van der Waals surface area contributed by atoms with Crippen LogP contribution in [0.2, 0.25) is 0 Å². The lowest BCUT2D eigenvalue weighted by atomic mass is 10.1. The van der Waals surface area contributed by atoms with Gasteiger partial charge in [0.1, 0.15) is 17.1 Å². The summed E-state index contributed by atoms with van der Waals surface area (Å²) in [5.74, 6) is -0.0646. The van der Waals surface area contributed by atoms with Gasteiger partial charge in [-0.2, -0.15) is 0 Å². The molecule has 7 N–H and O–H groups in total. The summed E-state index contributed by atoms with van der Waals surface area (Å²) < 4.78 is 0. The first-order chi connectivity index (χ1) is 14.9. The molecule has 2 amide bonds. The van der Waals surface area contributed by atoms with Gasteiger partial charge in [0.25, 0.3) is 5.91 Å². The number of aromatic hydroxyl groups is 1. The molecule has 0 fully saturated rings. The molecular formula is C22H22N6O3. The summed E-state index contributed by atoms with van der Waals surface area (Å²) in [4.78, 5) is 28.8. The highest BCUT2D eigenvalue weighted by Gasteiger charge is 2.24. The van der Waals surface area contributed by atoms with Crippen molar-refractivity contribution in [2.45, 2.75) is 13.5 Å². The van der Waals surface area contributed by atoms with Crippen LogP contribution in [0.3, 0.4) is 0 Å². The van der Waals surface area contributed by atoms with E-state index in [0.29, 0.717) is 40.7 Å². The van der Waals surface area contributed by atoms with Crippen molar-refractivity contribution in [3.63, 3.8) is 0 Å². The van der Waals surface area contributed by atoms with Gasteiger partial charge in [0.05, 0.1) is 23.6 Å². The summed E-state index contributed by atoms with van der Waals surface area (Å²) in [6, 6.07) is 12.1. The number of hydrogen-bond acceptors (Lipinski definition) is 7. The van der Waals surface area contributed by atoms with Gasteiger partial charge in [-0.3, -0.25) is 9.59 Å². The summed E-state index contributed by atoms with van der Waals surface area (Å²) >= 11 is 0. The zero-order valence-electron chi connectivity index (χ0n) is 16.8. The molecular weight excluding hydrogens is 396 g/mol. The molecule has 9 heteroatoms. The third-order valence-corrected chi connectivity index (χ3v) is 4.93. The molecule has 0 aliphatic carbocycles. The normalized spacial score (nSPS) is 12.0. The van der Waals surface area contributed by atoms with Gasteiger partial charge in [0, 0.05) is 24.5 Å². The van der Waals surface area contributed by atoms with E-state index >= 15 is 0 Å². The number of nitrogens with zero attached hydrogens (tertiary/aromatic N) is 1. The van der Waals surface area contributed by atoms with E-state index in [-0.39, 0.29) is 24.1 Å². The molecule has 1 aliphatic rings. The molecule has 2 aromatic carbocycles. The highest BCUT2D eigenvalue weighted by molar-refractivity contribution is 6.15. The van der Waals surface area contributed by atoms with Crippen molar-refractivity contribution in [2.75, 3.05) is 22.5 Å². The number of nitrogens with one attached hydrogen (secondary N) is 4. The number of rotatable bonds is 5. The highest BCUT2D eigenvalue weighted by Crippen LogP contribution is 2.36. The molecule has 0 spiro atoms. The van der Waals surface area contributed by atoms with Crippen molar-refractivity contribution in [1.29, 1.82) is 0 Å². The Hall–Kier alpha value is -4.11. The van der Waals surface area contributed by atoms with Crippen LogP contribution < -0.4 is 27.0 Å². The predicted molar refractivity (Wildman–Crippen MR) is 119 cm³/mol. The number of aryl methyl sites for hydroxylation is 1. The first kappa shape index (κ1) is 20.2. The molecule has 31 heavy (non-hydrogen) atoms. The van der Waals surface area contributed by atoms with Crippen molar-refractivity contribution in [3.8, 4) is 5.75 Å². The van der Waals surface area contributed by atoms with Crippen molar-refractivity contribution < 1.29 is 14.7 Å². The maximum atomic E-state index is 13.1. The third-order valence-electron chi connectivity index (χ3n) is 4.93. The SMILES string of the molecule is Cc1ccc(O)cc1Nc1ccnc2c1C(=O)Nc1cc(CNC(=O)CN)ccc1N2. The van der Waals surface area contributed by atoms with E-state index < -0.39 is 0 Å². The lowest BCUT2D eigenvalue weighted by Gasteiger charge is -2.14. The second-order valence-electron chi connectivity index (χ2n) is 7.15. The molecule has 158 valence electrons. The standard InChI is InChI=1S/C22H22N6O3/c1-12-2-4-14(29)9-17(12)26-16-6-7-24-21-20(16)22(31)28-18-8-13(3-5-15(18)27-21)11-25-19(30)10-23/h2-9,29H,10-11,23H2,1H3,(H,25,30)(H,28,31)(H2,24,26,27). The van der Waals surface area contributed by atoms with Crippen LogP contribution in [0, 0.1) is 6.92 Å². The monoisotopic (exact) mass is 418 g/mol. The number of pyridine rings is 1. The first-order valence-electron chi connectivity index (χ1n) is 9.68. The Kier molecular flexibility index (Phi) is 5.42. The molecule has 0 radical (unpaired) electrons. The Morgan fingerprint density at radius 1 is 1.10 bits per heavy atom. The van der Waals surface area contributed by atoms with Crippen LogP contribution in [0.25, 0.3) is 0 Å². The lowest BCUT2D eigenvalue weighted by molar-refractivity contribution is -0.119. The van der Waals surface area contributed by atoms with Crippen molar-refractivity contribution in [1.82, 2.24) is 10.3 Å². The second kappa shape index (κ2) is 8.33. The highest BCUT2D eigenvalue weighted by atomic mass is 16.3. The van der Waals surface area contributed by atoms with E-state index in [0.717, 1.165) is 11.1 Å². The zero-order valence-corrected chi connectivity index (χ0v) is 16.8. The van der Waals surface area contributed by atoms with Gasteiger partial charge in [-0.15, -0.1) is 0 Å². The minimum absolute atomic E-state index is 0.0847. The van der Waals surface area contributed by atoms with E-state index in [9.17, 15) is 14.7 Å².